The Morgan fingerprint density at radius 2 is 1.71 bits per heavy atom. The molecule has 0 spiro atoms. The number of nitrogen functional groups attached to an aromatic ring is 1. The average molecular weight is 351 g/mol. The topological polar surface area (TPSA) is 55.1 Å². The molecule has 0 saturated heterocycles. The average Bonchev–Trinajstić information content (AvgIpc) is 2.39. The summed E-state index contributed by atoms with van der Waals surface area (Å²) in [6, 6.07) is 6.50. The van der Waals surface area contributed by atoms with Gasteiger partial charge in [0.05, 0.1) is 0 Å². The quantitative estimate of drug-likeness (QED) is 0.791. The molecule has 0 aliphatic rings. The third kappa shape index (κ3) is 3.24. The molecule has 0 atom stereocenters. The Balaban J connectivity index is 2.35. The van der Waals surface area contributed by atoms with Crippen molar-refractivity contribution in [3.05, 3.63) is 56.8 Å². The number of rotatable bonds is 2. The Morgan fingerprint density at radius 3 is 2.24 bits per heavy atom. The molecule has 0 aliphatic carbocycles. The van der Waals surface area contributed by atoms with Gasteiger partial charge in [0.25, 0.3) is 5.91 Å². The van der Waals surface area contributed by atoms with Crippen molar-refractivity contribution >= 4 is 33.2 Å². The second-order valence-corrected chi connectivity index (χ2v) is 5.96. The summed E-state index contributed by atoms with van der Waals surface area (Å²) in [6.07, 6.45) is 0. The fourth-order valence-corrected chi connectivity index (χ4v) is 2.81. The zero-order valence-electron chi connectivity index (χ0n) is 12.1. The molecule has 0 bridgehead atoms. The highest BCUT2D eigenvalue weighted by Crippen LogP contribution is 2.26. The summed E-state index contributed by atoms with van der Waals surface area (Å²) in [5.74, 6) is -0.862. The van der Waals surface area contributed by atoms with Crippen molar-refractivity contribution in [1.82, 2.24) is 0 Å². The summed E-state index contributed by atoms with van der Waals surface area (Å²) in [6.45, 7) is 5.38. The van der Waals surface area contributed by atoms with Gasteiger partial charge in [-0.3, -0.25) is 4.79 Å². The number of hydrogen-bond donors (Lipinski definition) is 2. The number of nitrogens with two attached hydrogens (primary N) is 1. The lowest BCUT2D eigenvalue weighted by molar-refractivity contribution is 0.102. The third-order valence-electron chi connectivity index (χ3n) is 3.38. The molecular formula is C16H16BrFN2O. The molecule has 0 aliphatic heterocycles. The van der Waals surface area contributed by atoms with Gasteiger partial charge in [0.15, 0.2) is 0 Å². The molecule has 0 saturated carbocycles. The van der Waals surface area contributed by atoms with E-state index in [2.05, 4.69) is 21.2 Å². The maximum absolute atomic E-state index is 13.7. The molecule has 3 N–H and O–H groups in total. The fourth-order valence-electron chi connectivity index (χ4n) is 2.12. The van der Waals surface area contributed by atoms with Gasteiger partial charge in [0, 0.05) is 27.0 Å². The molecule has 21 heavy (non-hydrogen) atoms. The molecule has 5 heteroatoms. The number of carbonyl (C=O) groups is 1. The van der Waals surface area contributed by atoms with Crippen LogP contribution >= 0.6 is 15.9 Å². The van der Waals surface area contributed by atoms with E-state index in [0.717, 1.165) is 21.3 Å². The Kier molecular flexibility index (Phi) is 4.32. The molecule has 2 rings (SSSR count). The number of amides is 1. The molecule has 3 nitrogen and oxygen atoms in total. The van der Waals surface area contributed by atoms with Crippen molar-refractivity contribution in [2.24, 2.45) is 0 Å². The summed E-state index contributed by atoms with van der Waals surface area (Å²) < 4.78 is 14.6. The predicted octanol–water partition coefficient (Wildman–Crippen LogP) is 4.35. The van der Waals surface area contributed by atoms with Crippen molar-refractivity contribution < 1.29 is 9.18 Å². The zero-order valence-corrected chi connectivity index (χ0v) is 13.6. The normalized spacial score (nSPS) is 10.5. The van der Waals surface area contributed by atoms with Crippen LogP contribution in [0.4, 0.5) is 15.8 Å². The lowest BCUT2D eigenvalue weighted by atomic mass is 10.1. The van der Waals surface area contributed by atoms with Crippen LogP contribution in [0, 0.1) is 26.6 Å². The minimum Gasteiger partial charge on any atom is -0.398 e. The second-order valence-electron chi connectivity index (χ2n) is 5.04. The van der Waals surface area contributed by atoms with Gasteiger partial charge >= 0.3 is 0 Å². The molecule has 0 radical (unpaired) electrons. The zero-order chi connectivity index (χ0) is 15.7. The van der Waals surface area contributed by atoms with Gasteiger partial charge in [-0.25, -0.2) is 4.39 Å². The van der Waals surface area contributed by atoms with Crippen LogP contribution in [0.2, 0.25) is 0 Å². The van der Waals surface area contributed by atoms with Crippen LogP contribution in [0.3, 0.4) is 0 Å². The summed E-state index contributed by atoms with van der Waals surface area (Å²) in [5, 5.41) is 2.81. The number of anilines is 2. The highest BCUT2D eigenvalue weighted by molar-refractivity contribution is 9.10. The fraction of sp³-hybridized carbons (Fsp3) is 0.188. The Hall–Kier alpha value is -1.88. The minimum absolute atomic E-state index is 0.206. The van der Waals surface area contributed by atoms with Crippen LogP contribution in [0.15, 0.2) is 28.7 Å². The maximum Gasteiger partial charge on any atom is 0.255 e. The van der Waals surface area contributed by atoms with Crippen LogP contribution in [-0.4, -0.2) is 5.91 Å². The molecule has 0 aromatic heterocycles. The lowest BCUT2D eigenvalue weighted by Crippen LogP contribution is -2.15. The highest BCUT2D eigenvalue weighted by atomic mass is 79.9. The highest BCUT2D eigenvalue weighted by Gasteiger charge is 2.13. The van der Waals surface area contributed by atoms with Gasteiger partial charge in [0.2, 0.25) is 0 Å². The number of aryl methyl sites for hydroxylation is 2. The summed E-state index contributed by atoms with van der Waals surface area (Å²) in [5.41, 5.74) is 9.11. The standard InChI is InChI=1S/C16H16BrFN2O/c1-8-4-12(17)5-9(2)15(8)20-16(21)11-6-13(18)10(3)14(19)7-11/h4-7H,19H2,1-3H3,(H,20,21). The molecule has 2 aromatic carbocycles. The van der Waals surface area contributed by atoms with E-state index >= 15 is 0 Å². The van der Waals surface area contributed by atoms with Crippen LogP contribution in [0.1, 0.15) is 27.0 Å². The second kappa shape index (κ2) is 5.85. The Labute approximate surface area is 131 Å². The maximum atomic E-state index is 13.7. The van der Waals surface area contributed by atoms with Crippen LogP contribution in [0.5, 0.6) is 0 Å². The molecular weight excluding hydrogens is 335 g/mol. The first kappa shape index (κ1) is 15.5. The summed E-state index contributed by atoms with van der Waals surface area (Å²) >= 11 is 3.41. The molecule has 1 amide bonds. The first-order valence-electron chi connectivity index (χ1n) is 6.43. The number of halogens is 2. The van der Waals surface area contributed by atoms with Crippen molar-refractivity contribution in [1.29, 1.82) is 0 Å². The van der Waals surface area contributed by atoms with E-state index in [1.165, 1.54) is 12.1 Å². The van der Waals surface area contributed by atoms with E-state index in [9.17, 15) is 9.18 Å². The monoisotopic (exact) mass is 350 g/mol. The van der Waals surface area contributed by atoms with E-state index < -0.39 is 5.82 Å². The number of benzene rings is 2. The third-order valence-corrected chi connectivity index (χ3v) is 3.84. The van der Waals surface area contributed by atoms with Gasteiger partial charge in [-0.15, -0.1) is 0 Å². The van der Waals surface area contributed by atoms with Gasteiger partial charge in [-0.05, 0) is 56.2 Å². The van der Waals surface area contributed by atoms with Crippen molar-refractivity contribution in [3.63, 3.8) is 0 Å². The van der Waals surface area contributed by atoms with Crippen molar-refractivity contribution in [2.45, 2.75) is 20.8 Å². The minimum atomic E-state index is -0.482. The number of hydrogen-bond acceptors (Lipinski definition) is 2. The Bertz CT molecular complexity index is 682. The smallest absolute Gasteiger partial charge is 0.255 e. The molecule has 0 fully saturated rings. The van der Waals surface area contributed by atoms with E-state index in [1.54, 1.807) is 6.92 Å². The van der Waals surface area contributed by atoms with Gasteiger partial charge in [0.1, 0.15) is 5.82 Å². The van der Waals surface area contributed by atoms with Crippen LogP contribution < -0.4 is 11.1 Å². The van der Waals surface area contributed by atoms with Gasteiger partial charge < -0.3 is 11.1 Å². The van der Waals surface area contributed by atoms with Crippen LogP contribution in [0.25, 0.3) is 0 Å². The van der Waals surface area contributed by atoms with Crippen molar-refractivity contribution in [2.75, 3.05) is 11.1 Å². The summed E-state index contributed by atoms with van der Waals surface area (Å²) in [4.78, 5) is 12.3. The van der Waals surface area contributed by atoms with Gasteiger partial charge in [-0.2, -0.15) is 0 Å². The first-order chi connectivity index (χ1) is 9.79. The lowest BCUT2D eigenvalue weighted by Gasteiger charge is -2.13. The Morgan fingerprint density at radius 1 is 1.14 bits per heavy atom. The predicted molar refractivity (Wildman–Crippen MR) is 87.1 cm³/mol. The van der Waals surface area contributed by atoms with E-state index in [-0.39, 0.29) is 17.2 Å². The van der Waals surface area contributed by atoms with Crippen molar-refractivity contribution in [3.8, 4) is 0 Å². The van der Waals surface area contributed by atoms with E-state index in [0.29, 0.717) is 5.56 Å². The SMILES string of the molecule is Cc1cc(Br)cc(C)c1NC(=O)c1cc(N)c(C)c(F)c1. The van der Waals surface area contributed by atoms with E-state index in [4.69, 9.17) is 5.73 Å². The first-order valence-corrected chi connectivity index (χ1v) is 7.22. The molecule has 0 heterocycles. The van der Waals surface area contributed by atoms with Crippen LogP contribution in [-0.2, 0) is 0 Å². The van der Waals surface area contributed by atoms with Gasteiger partial charge in [-0.1, -0.05) is 15.9 Å². The number of nitrogens with one attached hydrogen (secondary N) is 1. The molecule has 2 aromatic rings. The summed E-state index contributed by atoms with van der Waals surface area (Å²) in [7, 11) is 0. The largest absolute Gasteiger partial charge is 0.398 e. The van der Waals surface area contributed by atoms with E-state index in [1.807, 2.05) is 26.0 Å². The molecule has 110 valence electrons. The molecule has 0 unspecified atom stereocenters. The number of carbonyl (C=O) groups excluding carboxylic acids is 1.